The Labute approximate surface area is 200 Å². The van der Waals surface area contributed by atoms with Gasteiger partial charge in [0.05, 0.1) is 38.9 Å². The van der Waals surface area contributed by atoms with Crippen LogP contribution >= 0.6 is 11.6 Å². The fourth-order valence-corrected chi connectivity index (χ4v) is 5.24. The van der Waals surface area contributed by atoms with E-state index in [1.165, 1.54) is 12.1 Å². The number of carbonyl (C=O) groups excluding carboxylic acids is 1. The minimum atomic E-state index is -3.34. The molecule has 2 N–H and O–H groups in total. The Morgan fingerprint density at radius 2 is 1.88 bits per heavy atom. The highest BCUT2D eigenvalue weighted by molar-refractivity contribution is 7.90. The predicted molar refractivity (Wildman–Crippen MR) is 129 cm³/mol. The first-order valence-corrected chi connectivity index (χ1v) is 12.6. The number of rotatable bonds is 7. The van der Waals surface area contributed by atoms with Crippen LogP contribution in [-0.4, -0.2) is 29.4 Å². The zero-order valence-corrected chi connectivity index (χ0v) is 19.4. The van der Waals surface area contributed by atoms with E-state index >= 15 is 0 Å². The highest BCUT2D eigenvalue weighted by Gasteiger charge is 2.35. The van der Waals surface area contributed by atoms with E-state index in [1.807, 2.05) is 6.07 Å². The number of aromatic nitrogens is 2. The van der Waals surface area contributed by atoms with E-state index in [0.29, 0.717) is 35.2 Å². The fraction of sp³-hybridized carbons (Fsp3) is 0.167. The van der Waals surface area contributed by atoms with Crippen molar-refractivity contribution in [1.29, 1.82) is 0 Å². The normalized spacial score (nSPS) is 13.8. The molecule has 1 aromatic heterocycles. The van der Waals surface area contributed by atoms with Crippen LogP contribution in [0.2, 0.25) is 5.02 Å². The van der Waals surface area contributed by atoms with E-state index in [1.54, 1.807) is 53.3 Å². The molecule has 3 aromatic carbocycles. The molecule has 0 bridgehead atoms. The first-order chi connectivity index (χ1) is 16.3. The molecule has 1 amide bonds. The quantitative estimate of drug-likeness (QED) is 0.388. The van der Waals surface area contributed by atoms with Crippen molar-refractivity contribution in [3.8, 4) is 5.69 Å². The molecule has 4 aromatic rings. The van der Waals surface area contributed by atoms with Crippen LogP contribution in [0.1, 0.15) is 28.8 Å². The molecule has 0 spiro atoms. The Hall–Kier alpha value is -3.27. The van der Waals surface area contributed by atoms with Crippen LogP contribution in [0, 0.1) is 5.82 Å². The Morgan fingerprint density at radius 1 is 1.12 bits per heavy atom. The van der Waals surface area contributed by atoms with Crippen molar-refractivity contribution in [3.05, 3.63) is 88.8 Å². The summed E-state index contributed by atoms with van der Waals surface area (Å²) in [5.41, 5.74) is 2.81. The monoisotopic (exact) mass is 498 g/mol. The molecule has 0 atom stereocenters. The number of amides is 1. The molecule has 5 rings (SSSR count). The maximum absolute atomic E-state index is 13.3. The third-order valence-electron chi connectivity index (χ3n) is 5.65. The van der Waals surface area contributed by atoms with E-state index in [2.05, 4.69) is 15.1 Å². The van der Waals surface area contributed by atoms with Gasteiger partial charge in [0.25, 0.3) is 5.91 Å². The van der Waals surface area contributed by atoms with Crippen molar-refractivity contribution in [2.75, 3.05) is 5.32 Å². The third kappa shape index (κ3) is 4.54. The van der Waals surface area contributed by atoms with Crippen LogP contribution in [0.15, 0.2) is 66.9 Å². The lowest BCUT2D eigenvalue weighted by atomic mass is 10.1. The van der Waals surface area contributed by atoms with Gasteiger partial charge in [-0.2, -0.15) is 5.10 Å². The standard InChI is InChI=1S/C24H20ClFN4O3S/c25-21-11-4-15(13-28-34(32,33)18-9-10-18)12-19(21)24(31)29-22-2-1-3-23-20(22)14-27-30(23)17-7-5-16(26)6-8-17/h1-8,11-12,14,18,28H,9-10,13H2,(H,29,31). The van der Waals surface area contributed by atoms with Crippen molar-refractivity contribution in [1.82, 2.24) is 14.5 Å². The van der Waals surface area contributed by atoms with E-state index in [-0.39, 0.29) is 28.2 Å². The van der Waals surface area contributed by atoms with Crippen LogP contribution in [0.5, 0.6) is 0 Å². The number of benzene rings is 3. The third-order valence-corrected chi connectivity index (χ3v) is 7.87. The van der Waals surface area contributed by atoms with Crippen LogP contribution in [-0.2, 0) is 16.6 Å². The van der Waals surface area contributed by atoms with Gasteiger partial charge < -0.3 is 5.32 Å². The minimum absolute atomic E-state index is 0.0797. The highest BCUT2D eigenvalue weighted by Crippen LogP contribution is 2.29. The van der Waals surface area contributed by atoms with Gasteiger partial charge in [0, 0.05) is 11.9 Å². The Kier molecular flexibility index (Phi) is 5.85. The summed E-state index contributed by atoms with van der Waals surface area (Å²) in [5, 5.41) is 7.88. The number of anilines is 1. The van der Waals surface area contributed by atoms with Crippen LogP contribution in [0.3, 0.4) is 0 Å². The summed E-state index contributed by atoms with van der Waals surface area (Å²) < 4.78 is 41.7. The predicted octanol–water partition coefficient (Wildman–Crippen LogP) is 4.65. The van der Waals surface area contributed by atoms with Crippen molar-refractivity contribution in [2.24, 2.45) is 0 Å². The summed E-state index contributed by atoms with van der Waals surface area (Å²) in [5.74, 6) is -0.772. The number of sulfonamides is 1. The van der Waals surface area contributed by atoms with Gasteiger partial charge in [-0.1, -0.05) is 23.7 Å². The van der Waals surface area contributed by atoms with E-state index in [0.717, 1.165) is 5.52 Å². The second-order valence-corrected chi connectivity index (χ2v) is 10.6. The van der Waals surface area contributed by atoms with Crippen molar-refractivity contribution >= 4 is 44.1 Å². The van der Waals surface area contributed by atoms with Crippen LogP contribution in [0.4, 0.5) is 10.1 Å². The molecule has 1 heterocycles. The Bertz CT molecular complexity index is 1500. The van der Waals surface area contributed by atoms with Gasteiger partial charge in [0.2, 0.25) is 10.0 Å². The van der Waals surface area contributed by atoms with E-state index < -0.39 is 15.9 Å². The van der Waals surface area contributed by atoms with Crippen LogP contribution < -0.4 is 10.0 Å². The number of hydrogen-bond acceptors (Lipinski definition) is 4. The maximum Gasteiger partial charge on any atom is 0.257 e. The molecule has 7 nitrogen and oxygen atoms in total. The summed E-state index contributed by atoms with van der Waals surface area (Å²) >= 11 is 6.28. The smallest absolute Gasteiger partial charge is 0.257 e. The molecule has 1 aliphatic rings. The molecule has 10 heteroatoms. The number of nitrogens with one attached hydrogen (secondary N) is 2. The van der Waals surface area contributed by atoms with Gasteiger partial charge in [0.1, 0.15) is 5.82 Å². The number of nitrogens with zero attached hydrogens (tertiary/aromatic N) is 2. The van der Waals surface area contributed by atoms with Gasteiger partial charge in [-0.15, -0.1) is 0 Å². The highest BCUT2D eigenvalue weighted by atomic mass is 35.5. The van der Waals surface area contributed by atoms with Gasteiger partial charge in [0.15, 0.2) is 0 Å². The summed E-state index contributed by atoms with van der Waals surface area (Å²) in [6, 6.07) is 16.2. The lowest BCUT2D eigenvalue weighted by Crippen LogP contribution is -2.26. The zero-order chi connectivity index (χ0) is 23.9. The largest absolute Gasteiger partial charge is 0.321 e. The SMILES string of the molecule is O=C(Nc1cccc2c1cnn2-c1ccc(F)cc1)c1cc(CNS(=O)(=O)C2CC2)ccc1Cl. The first kappa shape index (κ1) is 22.5. The topological polar surface area (TPSA) is 93.1 Å². The number of halogens is 2. The molecule has 0 radical (unpaired) electrons. The van der Waals surface area contributed by atoms with Gasteiger partial charge in [-0.3, -0.25) is 4.79 Å². The molecular weight excluding hydrogens is 479 g/mol. The molecule has 1 saturated carbocycles. The molecule has 1 fully saturated rings. The van der Waals surface area contributed by atoms with E-state index in [9.17, 15) is 17.6 Å². The Morgan fingerprint density at radius 3 is 2.62 bits per heavy atom. The van der Waals surface area contributed by atoms with Crippen molar-refractivity contribution in [3.63, 3.8) is 0 Å². The average Bonchev–Trinajstić information content (AvgIpc) is 3.60. The first-order valence-electron chi connectivity index (χ1n) is 10.6. The summed E-state index contributed by atoms with van der Waals surface area (Å²) in [4.78, 5) is 13.1. The molecular formula is C24H20ClFN4O3S. The molecule has 0 unspecified atom stereocenters. The summed E-state index contributed by atoms with van der Waals surface area (Å²) in [6.45, 7) is 0.0797. The van der Waals surface area contributed by atoms with Gasteiger partial charge in [-0.25, -0.2) is 22.2 Å². The maximum atomic E-state index is 13.3. The molecule has 174 valence electrons. The lowest BCUT2D eigenvalue weighted by molar-refractivity contribution is 0.102. The molecule has 1 aliphatic carbocycles. The van der Waals surface area contributed by atoms with Gasteiger partial charge >= 0.3 is 0 Å². The minimum Gasteiger partial charge on any atom is -0.321 e. The second-order valence-electron chi connectivity index (χ2n) is 8.10. The molecule has 34 heavy (non-hydrogen) atoms. The van der Waals surface area contributed by atoms with E-state index in [4.69, 9.17) is 11.6 Å². The van der Waals surface area contributed by atoms with Crippen molar-refractivity contribution < 1.29 is 17.6 Å². The molecule has 0 saturated heterocycles. The summed E-state index contributed by atoms with van der Waals surface area (Å²) in [7, 11) is -3.34. The zero-order valence-electron chi connectivity index (χ0n) is 17.8. The lowest BCUT2D eigenvalue weighted by Gasteiger charge is -2.11. The average molecular weight is 499 g/mol. The van der Waals surface area contributed by atoms with Crippen LogP contribution in [0.25, 0.3) is 16.6 Å². The summed E-state index contributed by atoms with van der Waals surface area (Å²) in [6.07, 6.45) is 2.97. The number of hydrogen-bond donors (Lipinski definition) is 2. The number of fused-ring (bicyclic) bond motifs is 1. The second kappa shape index (κ2) is 8.83. The fourth-order valence-electron chi connectivity index (χ4n) is 3.67. The van der Waals surface area contributed by atoms with Gasteiger partial charge in [-0.05, 0) is 66.9 Å². The Balaban J connectivity index is 1.39. The van der Waals surface area contributed by atoms with Crippen molar-refractivity contribution in [2.45, 2.75) is 24.6 Å². The number of carbonyl (C=O) groups is 1. The molecule has 0 aliphatic heterocycles.